The topological polar surface area (TPSA) is 61.4 Å². The van der Waals surface area contributed by atoms with E-state index in [1.54, 1.807) is 12.4 Å². The summed E-state index contributed by atoms with van der Waals surface area (Å²) in [6.45, 7) is 9.92. The summed E-state index contributed by atoms with van der Waals surface area (Å²) >= 11 is 0. The van der Waals surface area contributed by atoms with E-state index >= 15 is 0 Å². The Morgan fingerprint density at radius 2 is 1.64 bits per heavy atom. The zero-order chi connectivity index (χ0) is 18.0. The molecule has 1 N–H and O–H groups in total. The molecule has 1 aliphatic rings. The lowest BCUT2D eigenvalue weighted by Gasteiger charge is -2.32. The summed E-state index contributed by atoms with van der Waals surface area (Å²) in [7, 11) is 2.12. The average molecular weight is 339 g/mol. The fraction of sp³-hybridized carbons (Fsp3) is 0.421. The van der Waals surface area contributed by atoms with Gasteiger partial charge in [0.05, 0.1) is 12.4 Å². The summed E-state index contributed by atoms with van der Waals surface area (Å²) in [6, 6.07) is 4.12. The van der Waals surface area contributed by atoms with Crippen LogP contribution in [0.1, 0.15) is 27.2 Å². The van der Waals surface area contributed by atoms with Crippen molar-refractivity contribution in [3.05, 3.63) is 46.9 Å². The van der Waals surface area contributed by atoms with Gasteiger partial charge >= 0.3 is 0 Å². The van der Waals surface area contributed by atoms with Gasteiger partial charge in [0.1, 0.15) is 11.5 Å². The molecule has 1 aromatic heterocycles. The molecule has 132 valence electrons. The number of piperazine rings is 1. The molecular formula is C19H25N5O. The second-order valence-electron chi connectivity index (χ2n) is 6.78. The van der Waals surface area contributed by atoms with Gasteiger partial charge in [0.15, 0.2) is 0 Å². The molecule has 6 heteroatoms. The van der Waals surface area contributed by atoms with Gasteiger partial charge in [0, 0.05) is 31.9 Å². The maximum Gasteiger partial charge on any atom is 0.275 e. The van der Waals surface area contributed by atoms with Crippen molar-refractivity contribution >= 4 is 17.4 Å². The molecule has 2 aromatic rings. The molecule has 0 bridgehead atoms. The van der Waals surface area contributed by atoms with Gasteiger partial charge in [-0.05, 0) is 38.9 Å². The predicted octanol–water partition coefficient (Wildman–Crippen LogP) is 2.41. The van der Waals surface area contributed by atoms with Crippen LogP contribution in [0.15, 0.2) is 24.5 Å². The zero-order valence-corrected chi connectivity index (χ0v) is 15.3. The summed E-state index contributed by atoms with van der Waals surface area (Å²) in [5.74, 6) is 0.597. The highest BCUT2D eigenvalue weighted by molar-refractivity contribution is 6.03. The number of carbonyl (C=O) groups is 1. The Balaban J connectivity index is 1.71. The second kappa shape index (κ2) is 7.19. The van der Waals surface area contributed by atoms with E-state index < -0.39 is 0 Å². The van der Waals surface area contributed by atoms with Crippen LogP contribution in [0.25, 0.3) is 0 Å². The third-order valence-electron chi connectivity index (χ3n) is 4.61. The molecule has 1 fully saturated rings. The first kappa shape index (κ1) is 17.4. The van der Waals surface area contributed by atoms with Gasteiger partial charge in [-0.25, -0.2) is 9.97 Å². The highest BCUT2D eigenvalue weighted by atomic mass is 16.1. The SMILES string of the molecule is Cc1cc(C)c(NC(=O)c2cnc(N3CCN(C)CC3)cn2)c(C)c1. The van der Waals surface area contributed by atoms with Crippen LogP contribution in [-0.2, 0) is 0 Å². The molecule has 3 rings (SSSR count). The number of hydrogen-bond donors (Lipinski definition) is 1. The number of rotatable bonds is 3. The Morgan fingerprint density at radius 1 is 1.00 bits per heavy atom. The molecule has 0 atom stereocenters. The Hall–Kier alpha value is -2.47. The molecule has 2 heterocycles. The van der Waals surface area contributed by atoms with Crippen molar-refractivity contribution in [3.8, 4) is 0 Å². The number of hydrogen-bond acceptors (Lipinski definition) is 5. The van der Waals surface area contributed by atoms with Gasteiger partial charge in [-0.1, -0.05) is 17.7 Å². The van der Waals surface area contributed by atoms with E-state index in [0.717, 1.165) is 48.8 Å². The van der Waals surface area contributed by atoms with Crippen LogP contribution in [-0.4, -0.2) is 54.0 Å². The summed E-state index contributed by atoms with van der Waals surface area (Å²) in [5.41, 5.74) is 4.46. The van der Waals surface area contributed by atoms with Gasteiger partial charge in [-0.3, -0.25) is 4.79 Å². The molecule has 1 aromatic carbocycles. The number of likely N-dealkylation sites (N-methyl/N-ethyl adjacent to an activating group) is 1. The highest BCUT2D eigenvalue weighted by Gasteiger charge is 2.17. The molecule has 0 radical (unpaired) electrons. The number of anilines is 2. The van der Waals surface area contributed by atoms with Crippen LogP contribution in [0.2, 0.25) is 0 Å². The third kappa shape index (κ3) is 3.96. The van der Waals surface area contributed by atoms with Crippen LogP contribution in [0.4, 0.5) is 11.5 Å². The van der Waals surface area contributed by atoms with Crippen molar-refractivity contribution in [3.63, 3.8) is 0 Å². The first-order valence-electron chi connectivity index (χ1n) is 8.59. The molecule has 0 aliphatic carbocycles. The van der Waals surface area contributed by atoms with Gasteiger partial charge in [-0.15, -0.1) is 0 Å². The van der Waals surface area contributed by atoms with Gasteiger partial charge in [-0.2, -0.15) is 0 Å². The Morgan fingerprint density at radius 3 is 2.20 bits per heavy atom. The summed E-state index contributed by atoms with van der Waals surface area (Å²) in [6.07, 6.45) is 3.25. The summed E-state index contributed by atoms with van der Waals surface area (Å²) in [4.78, 5) is 25.7. The van der Waals surface area contributed by atoms with E-state index in [1.165, 1.54) is 5.56 Å². The highest BCUT2D eigenvalue weighted by Crippen LogP contribution is 2.22. The average Bonchev–Trinajstić information content (AvgIpc) is 2.59. The van der Waals surface area contributed by atoms with E-state index in [4.69, 9.17) is 0 Å². The van der Waals surface area contributed by atoms with Crippen molar-refractivity contribution < 1.29 is 4.79 Å². The fourth-order valence-corrected chi connectivity index (χ4v) is 3.19. The number of aromatic nitrogens is 2. The standard InChI is InChI=1S/C19H25N5O/c1-13-9-14(2)18(15(3)10-13)22-19(25)16-11-21-17(12-20-16)24-7-5-23(4)6-8-24/h9-12H,5-8H2,1-4H3,(H,22,25). The molecule has 25 heavy (non-hydrogen) atoms. The monoisotopic (exact) mass is 339 g/mol. The largest absolute Gasteiger partial charge is 0.353 e. The molecule has 1 aliphatic heterocycles. The van der Waals surface area contributed by atoms with Gasteiger partial charge < -0.3 is 15.1 Å². The minimum absolute atomic E-state index is 0.229. The number of carbonyl (C=O) groups excluding carboxylic acids is 1. The second-order valence-corrected chi connectivity index (χ2v) is 6.78. The summed E-state index contributed by atoms with van der Waals surface area (Å²) < 4.78 is 0. The molecule has 0 unspecified atom stereocenters. The predicted molar refractivity (Wildman–Crippen MR) is 100 cm³/mol. The minimum Gasteiger partial charge on any atom is -0.353 e. The fourth-order valence-electron chi connectivity index (χ4n) is 3.19. The maximum atomic E-state index is 12.5. The van der Waals surface area contributed by atoms with Crippen molar-refractivity contribution in [2.45, 2.75) is 20.8 Å². The van der Waals surface area contributed by atoms with Crippen LogP contribution in [0.5, 0.6) is 0 Å². The van der Waals surface area contributed by atoms with Crippen LogP contribution < -0.4 is 10.2 Å². The Bertz CT molecular complexity index is 741. The van der Waals surface area contributed by atoms with E-state index in [0.29, 0.717) is 5.69 Å². The lowest BCUT2D eigenvalue weighted by Crippen LogP contribution is -2.44. The van der Waals surface area contributed by atoms with Crippen molar-refractivity contribution in [1.29, 1.82) is 0 Å². The summed E-state index contributed by atoms with van der Waals surface area (Å²) in [5, 5.41) is 2.97. The minimum atomic E-state index is -0.229. The van der Waals surface area contributed by atoms with E-state index in [1.807, 2.05) is 20.8 Å². The molecule has 0 saturated carbocycles. The number of aryl methyl sites for hydroxylation is 3. The van der Waals surface area contributed by atoms with E-state index in [2.05, 4.69) is 44.3 Å². The molecular weight excluding hydrogens is 314 g/mol. The number of nitrogens with zero attached hydrogens (tertiary/aromatic N) is 4. The lowest BCUT2D eigenvalue weighted by atomic mass is 10.1. The molecule has 6 nitrogen and oxygen atoms in total. The van der Waals surface area contributed by atoms with Crippen LogP contribution in [0, 0.1) is 20.8 Å². The van der Waals surface area contributed by atoms with Crippen molar-refractivity contribution in [2.24, 2.45) is 0 Å². The molecule has 0 spiro atoms. The van der Waals surface area contributed by atoms with Crippen molar-refractivity contribution in [2.75, 3.05) is 43.4 Å². The quantitative estimate of drug-likeness (QED) is 0.930. The van der Waals surface area contributed by atoms with E-state index in [-0.39, 0.29) is 5.91 Å². The number of nitrogens with one attached hydrogen (secondary N) is 1. The normalized spacial score (nSPS) is 15.3. The first-order chi connectivity index (χ1) is 11.9. The Labute approximate surface area is 148 Å². The van der Waals surface area contributed by atoms with Crippen LogP contribution in [0.3, 0.4) is 0 Å². The lowest BCUT2D eigenvalue weighted by molar-refractivity contribution is 0.102. The smallest absolute Gasteiger partial charge is 0.275 e. The van der Waals surface area contributed by atoms with Crippen molar-refractivity contribution in [1.82, 2.24) is 14.9 Å². The number of amides is 1. The van der Waals surface area contributed by atoms with Gasteiger partial charge in [0.2, 0.25) is 0 Å². The van der Waals surface area contributed by atoms with Gasteiger partial charge in [0.25, 0.3) is 5.91 Å². The van der Waals surface area contributed by atoms with Crippen LogP contribution >= 0.6 is 0 Å². The molecule has 1 amide bonds. The zero-order valence-electron chi connectivity index (χ0n) is 15.3. The Kier molecular flexibility index (Phi) is 4.99. The molecule has 1 saturated heterocycles. The van der Waals surface area contributed by atoms with E-state index in [9.17, 15) is 4.79 Å². The first-order valence-corrected chi connectivity index (χ1v) is 8.59. The maximum absolute atomic E-state index is 12.5. The number of benzene rings is 1. The third-order valence-corrected chi connectivity index (χ3v) is 4.61.